The lowest BCUT2D eigenvalue weighted by Gasteiger charge is -2.11. The van der Waals surface area contributed by atoms with E-state index in [1.54, 1.807) is 0 Å². The van der Waals surface area contributed by atoms with E-state index in [-0.39, 0.29) is 0 Å². The Hall–Kier alpha value is -6.92. The summed E-state index contributed by atoms with van der Waals surface area (Å²) in [7, 11) is 0. The van der Waals surface area contributed by atoms with E-state index >= 15 is 0 Å². The van der Waals surface area contributed by atoms with Gasteiger partial charge in [-0.3, -0.25) is 9.13 Å². The number of hydrogen-bond donors (Lipinski definition) is 0. The molecule has 0 fully saturated rings. The average molecular weight is 641 g/mol. The van der Waals surface area contributed by atoms with Gasteiger partial charge in [0.25, 0.3) is 0 Å². The van der Waals surface area contributed by atoms with Crippen molar-refractivity contribution in [2.24, 2.45) is 0 Å². The molecule has 6 nitrogen and oxygen atoms in total. The molecular formula is C44H28N6. The molecule has 0 atom stereocenters. The van der Waals surface area contributed by atoms with Crippen molar-refractivity contribution in [1.82, 2.24) is 29.1 Å². The molecular weight excluding hydrogens is 613 g/mol. The lowest BCUT2D eigenvalue weighted by molar-refractivity contribution is 0.953. The molecule has 6 aromatic carbocycles. The smallest absolute Gasteiger partial charge is 0.238 e. The lowest BCUT2D eigenvalue weighted by atomic mass is 10.1. The molecule has 234 valence electrons. The Morgan fingerprint density at radius 3 is 1.54 bits per heavy atom. The van der Waals surface area contributed by atoms with Crippen LogP contribution in [0.5, 0.6) is 0 Å². The summed E-state index contributed by atoms with van der Waals surface area (Å²) in [5, 5.41) is 3.22. The van der Waals surface area contributed by atoms with Crippen molar-refractivity contribution in [3.63, 3.8) is 0 Å². The second-order valence-corrected chi connectivity index (χ2v) is 12.4. The molecule has 0 aliphatic carbocycles. The molecule has 10 rings (SSSR count). The van der Waals surface area contributed by atoms with Crippen molar-refractivity contribution in [3.8, 4) is 45.5 Å². The number of pyridine rings is 1. The van der Waals surface area contributed by atoms with Crippen molar-refractivity contribution < 1.29 is 0 Å². The van der Waals surface area contributed by atoms with Crippen LogP contribution in [-0.2, 0) is 0 Å². The molecule has 0 amide bonds. The third kappa shape index (κ3) is 4.50. The van der Waals surface area contributed by atoms with Gasteiger partial charge in [0.15, 0.2) is 11.6 Å². The molecule has 0 aliphatic rings. The maximum absolute atomic E-state index is 5.50. The highest BCUT2D eigenvalue weighted by Crippen LogP contribution is 2.38. The Morgan fingerprint density at radius 2 is 0.880 bits per heavy atom. The largest absolute Gasteiger partial charge is 0.294 e. The molecule has 0 bridgehead atoms. The van der Waals surface area contributed by atoms with Crippen LogP contribution in [0, 0.1) is 0 Å². The Labute approximate surface area is 287 Å². The molecule has 4 aromatic heterocycles. The van der Waals surface area contributed by atoms with Crippen molar-refractivity contribution in [3.05, 3.63) is 170 Å². The fourth-order valence-corrected chi connectivity index (χ4v) is 7.07. The van der Waals surface area contributed by atoms with Crippen LogP contribution in [0.15, 0.2) is 170 Å². The summed E-state index contributed by atoms with van der Waals surface area (Å²) in [6.45, 7) is 0. The van der Waals surface area contributed by atoms with Crippen molar-refractivity contribution in [2.75, 3.05) is 0 Å². The number of para-hydroxylation sites is 2. The fraction of sp³-hybridized carbons (Fsp3) is 0. The SMILES string of the molecule is c1ccc(-c2cccc(-n3c4ccccc4c4cc5c(nc43)c3ccccc3n5-c3nc(-c4ccccc4)nc(-c4ccccc4)n3)c2)cc1. The first-order chi connectivity index (χ1) is 24.8. The van der Waals surface area contributed by atoms with E-state index in [0.29, 0.717) is 17.6 Å². The van der Waals surface area contributed by atoms with Gasteiger partial charge in [-0.05, 0) is 41.5 Å². The minimum atomic E-state index is 0.546. The van der Waals surface area contributed by atoms with Crippen LogP contribution in [0.4, 0.5) is 0 Å². The number of hydrogen-bond acceptors (Lipinski definition) is 4. The first-order valence-electron chi connectivity index (χ1n) is 16.7. The molecule has 4 heterocycles. The molecule has 10 aromatic rings. The number of benzene rings is 6. The first kappa shape index (κ1) is 28.1. The van der Waals surface area contributed by atoms with Gasteiger partial charge in [0.2, 0.25) is 5.95 Å². The molecule has 0 spiro atoms. The number of rotatable bonds is 5. The maximum atomic E-state index is 5.50. The summed E-state index contributed by atoms with van der Waals surface area (Å²) in [4.78, 5) is 20.7. The number of fused-ring (bicyclic) bond motifs is 6. The van der Waals surface area contributed by atoms with Gasteiger partial charge in [-0.1, -0.05) is 140 Å². The zero-order chi connectivity index (χ0) is 33.0. The fourth-order valence-electron chi connectivity index (χ4n) is 7.07. The molecule has 0 saturated heterocycles. The van der Waals surface area contributed by atoms with Crippen molar-refractivity contribution in [2.45, 2.75) is 0 Å². The molecule has 0 aliphatic heterocycles. The van der Waals surface area contributed by atoms with Gasteiger partial charge in [0.05, 0.1) is 22.1 Å². The number of nitrogens with zero attached hydrogens (tertiary/aromatic N) is 6. The van der Waals surface area contributed by atoms with Crippen LogP contribution in [0.3, 0.4) is 0 Å². The monoisotopic (exact) mass is 640 g/mol. The first-order valence-corrected chi connectivity index (χ1v) is 16.7. The molecule has 0 radical (unpaired) electrons. The van der Waals surface area contributed by atoms with E-state index in [0.717, 1.165) is 66.3 Å². The van der Waals surface area contributed by atoms with Crippen LogP contribution >= 0.6 is 0 Å². The van der Waals surface area contributed by atoms with Crippen molar-refractivity contribution in [1.29, 1.82) is 0 Å². The Morgan fingerprint density at radius 1 is 0.340 bits per heavy atom. The van der Waals surface area contributed by atoms with E-state index < -0.39 is 0 Å². The number of aromatic nitrogens is 6. The third-order valence-corrected chi connectivity index (χ3v) is 9.37. The van der Waals surface area contributed by atoms with Gasteiger partial charge in [0.1, 0.15) is 5.65 Å². The summed E-state index contributed by atoms with van der Waals surface area (Å²) in [5.41, 5.74) is 10.0. The predicted octanol–water partition coefficient (Wildman–Crippen LogP) is 10.5. The summed E-state index contributed by atoms with van der Waals surface area (Å²) >= 11 is 0. The van der Waals surface area contributed by atoms with Gasteiger partial charge < -0.3 is 0 Å². The van der Waals surface area contributed by atoms with Gasteiger partial charge in [-0.2, -0.15) is 9.97 Å². The zero-order valence-electron chi connectivity index (χ0n) is 26.8. The highest BCUT2D eigenvalue weighted by molar-refractivity contribution is 6.15. The summed E-state index contributed by atoms with van der Waals surface area (Å²) < 4.78 is 4.42. The van der Waals surface area contributed by atoms with Gasteiger partial charge in [-0.25, -0.2) is 9.97 Å². The Bertz CT molecular complexity index is 2800. The van der Waals surface area contributed by atoms with Gasteiger partial charge >= 0.3 is 0 Å². The third-order valence-electron chi connectivity index (χ3n) is 9.37. The lowest BCUT2D eigenvalue weighted by Crippen LogP contribution is -2.06. The zero-order valence-corrected chi connectivity index (χ0v) is 26.8. The van der Waals surface area contributed by atoms with E-state index in [4.69, 9.17) is 19.9 Å². The maximum Gasteiger partial charge on any atom is 0.238 e. The van der Waals surface area contributed by atoms with Crippen molar-refractivity contribution >= 4 is 43.9 Å². The second kappa shape index (κ2) is 11.4. The van der Waals surface area contributed by atoms with Crippen LogP contribution in [0.2, 0.25) is 0 Å². The van der Waals surface area contributed by atoms with Crippen LogP contribution in [0.1, 0.15) is 0 Å². The second-order valence-electron chi connectivity index (χ2n) is 12.4. The van der Waals surface area contributed by atoms with Crippen LogP contribution < -0.4 is 0 Å². The van der Waals surface area contributed by atoms with E-state index in [2.05, 4.69) is 112 Å². The minimum Gasteiger partial charge on any atom is -0.294 e. The topological polar surface area (TPSA) is 61.4 Å². The highest BCUT2D eigenvalue weighted by atomic mass is 15.2. The van der Waals surface area contributed by atoms with E-state index in [9.17, 15) is 0 Å². The van der Waals surface area contributed by atoms with Crippen LogP contribution in [0.25, 0.3) is 89.4 Å². The average Bonchev–Trinajstić information content (AvgIpc) is 3.70. The van der Waals surface area contributed by atoms with Gasteiger partial charge in [-0.15, -0.1) is 0 Å². The predicted molar refractivity (Wildman–Crippen MR) is 203 cm³/mol. The minimum absolute atomic E-state index is 0.546. The highest BCUT2D eigenvalue weighted by Gasteiger charge is 2.22. The molecule has 0 saturated carbocycles. The van der Waals surface area contributed by atoms with E-state index in [1.165, 1.54) is 5.56 Å². The Balaban J connectivity index is 1.27. The van der Waals surface area contributed by atoms with E-state index in [1.807, 2.05) is 66.7 Å². The van der Waals surface area contributed by atoms with Gasteiger partial charge in [0, 0.05) is 33.0 Å². The molecule has 6 heteroatoms. The summed E-state index contributed by atoms with van der Waals surface area (Å²) in [6.07, 6.45) is 0. The standard InChI is InChI=1S/C44H28N6/c1-4-15-29(16-5-1)32-21-14-22-33(27-32)49-37-25-12-10-23-34(37)36-28-39-40(45-43(36)49)35-24-11-13-26-38(35)50(39)44-47-41(30-17-6-2-7-18-30)46-42(48-44)31-19-8-3-9-20-31/h1-28H. The van der Waals surface area contributed by atoms with Crippen LogP contribution in [-0.4, -0.2) is 29.1 Å². The summed E-state index contributed by atoms with van der Waals surface area (Å²) in [5.74, 6) is 1.78. The normalized spacial score (nSPS) is 11.6. The quantitative estimate of drug-likeness (QED) is 0.188. The molecule has 0 N–H and O–H groups in total. The summed E-state index contributed by atoms with van der Waals surface area (Å²) in [6, 6.07) is 58.5. The Kier molecular flexibility index (Phi) is 6.39. The molecule has 50 heavy (non-hydrogen) atoms. The molecule has 0 unspecified atom stereocenters.